The van der Waals surface area contributed by atoms with Crippen LogP contribution in [-0.4, -0.2) is 0 Å². The lowest BCUT2D eigenvalue weighted by Gasteiger charge is -2.57. The smallest absolute Gasteiger partial charge is 0.0625 e. The summed E-state index contributed by atoms with van der Waals surface area (Å²) >= 11 is 0. The van der Waals surface area contributed by atoms with Gasteiger partial charge in [-0.05, 0) is 66.3 Å². The van der Waals surface area contributed by atoms with Gasteiger partial charge in [-0.25, -0.2) is 0 Å². The van der Waals surface area contributed by atoms with Crippen molar-refractivity contribution in [3.05, 3.63) is 23.3 Å². The Labute approximate surface area is 128 Å². The maximum absolute atomic E-state index is 8.71. The molecule has 0 N–H and O–H groups in total. The lowest BCUT2D eigenvalue weighted by molar-refractivity contribution is -0.0389. The van der Waals surface area contributed by atoms with Crippen LogP contribution < -0.4 is 0 Å². The van der Waals surface area contributed by atoms with Gasteiger partial charge in [0.2, 0.25) is 0 Å². The predicted molar refractivity (Wildman–Crippen MR) is 87.6 cm³/mol. The molecule has 20 heavy (non-hydrogen) atoms. The van der Waals surface area contributed by atoms with Crippen molar-refractivity contribution < 1.29 is 2.74 Å². The number of hydrogen-bond donors (Lipinski definition) is 0. The predicted octanol–water partition coefficient (Wildman–Crippen LogP) is 6.14. The molecule has 1 fully saturated rings. The van der Waals surface area contributed by atoms with Crippen LogP contribution in [0.15, 0.2) is 23.3 Å². The molecule has 1 saturated carbocycles. The fraction of sp³-hybridized carbons (Fsp3) is 0.800. The maximum atomic E-state index is 8.71. The van der Waals surface area contributed by atoms with E-state index in [2.05, 4.69) is 33.8 Å². The average Bonchev–Trinajstić information content (AvgIpc) is 2.46. The van der Waals surface area contributed by atoms with Gasteiger partial charge < -0.3 is 0 Å². The molecular formula is C20H32. The monoisotopic (exact) mass is 274 g/mol. The van der Waals surface area contributed by atoms with Gasteiger partial charge in [-0.2, -0.15) is 0 Å². The van der Waals surface area contributed by atoms with Crippen molar-refractivity contribution in [2.75, 3.05) is 0 Å². The molecule has 0 heterocycles. The van der Waals surface area contributed by atoms with Crippen molar-refractivity contribution in [2.24, 2.45) is 28.6 Å². The van der Waals surface area contributed by atoms with E-state index in [0.29, 0.717) is 23.6 Å². The zero-order chi connectivity index (χ0) is 16.1. The molecule has 0 spiro atoms. The minimum Gasteiger partial charge on any atom is -0.0807 e. The second kappa shape index (κ2) is 4.75. The highest BCUT2D eigenvalue weighted by Gasteiger charge is 2.52. The third kappa shape index (κ3) is 2.11. The zero-order valence-electron chi connectivity index (χ0n) is 15.8. The molecule has 0 aromatic carbocycles. The molecule has 4 atom stereocenters. The highest BCUT2D eigenvalue weighted by atomic mass is 14.6. The summed E-state index contributed by atoms with van der Waals surface area (Å²) < 4.78 is 16.4. The highest BCUT2D eigenvalue weighted by molar-refractivity contribution is 5.35. The Morgan fingerprint density at radius 2 is 2.15 bits per heavy atom. The lowest BCUT2D eigenvalue weighted by Crippen LogP contribution is -2.49. The van der Waals surface area contributed by atoms with Crippen LogP contribution in [0.1, 0.15) is 75.9 Å². The molecule has 0 amide bonds. The number of fused-ring (bicyclic) bond motifs is 3. The Kier molecular flexibility index (Phi) is 2.87. The third-order valence-electron chi connectivity index (χ3n) is 6.62. The van der Waals surface area contributed by atoms with E-state index in [9.17, 15) is 0 Å². The van der Waals surface area contributed by atoms with E-state index in [1.165, 1.54) is 36.8 Å². The van der Waals surface area contributed by atoms with Crippen molar-refractivity contribution >= 4 is 0 Å². The molecule has 3 aliphatic rings. The van der Waals surface area contributed by atoms with Crippen molar-refractivity contribution in [2.45, 2.75) is 73.1 Å². The normalized spacial score (nSPS) is 42.9. The summed E-state index contributed by atoms with van der Waals surface area (Å²) in [4.78, 5) is 0. The molecule has 0 radical (unpaired) electrons. The molecule has 0 saturated heterocycles. The minimum atomic E-state index is 0.252. The first-order chi connectivity index (χ1) is 10.3. The van der Waals surface area contributed by atoms with Gasteiger partial charge in [0.05, 0.1) is 1.37 Å². The van der Waals surface area contributed by atoms with Gasteiger partial charge in [0.1, 0.15) is 0 Å². The molecule has 0 aliphatic heterocycles. The van der Waals surface area contributed by atoms with Crippen LogP contribution >= 0.6 is 0 Å². The first-order valence-corrected chi connectivity index (χ1v) is 8.50. The zero-order valence-corrected chi connectivity index (χ0v) is 13.8. The topological polar surface area (TPSA) is 0 Å². The van der Waals surface area contributed by atoms with Crippen LogP contribution in [0.4, 0.5) is 0 Å². The van der Waals surface area contributed by atoms with Crippen LogP contribution in [-0.2, 0) is 0 Å². The van der Waals surface area contributed by atoms with E-state index in [1.54, 1.807) is 0 Å². The molecule has 3 rings (SSSR count). The first-order valence-electron chi connectivity index (χ1n) is 9.71. The van der Waals surface area contributed by atoms with E-state index in [1.807, 2.05) is 0 Å². The molecule has 0 aromatic rings. The van der Waals surface area contributed by atoms with Gasteiger partial charge in [0, 0.05) is 1.37 Å². The van der Waals surface area contributed by atoms with Crippen molar-refractivity contribution in [1.82, 2.24) is 0 Å². The van der Waals surface area contributed by atoms with E-state index in [0.717, 1.165) is 24.8 Å². The van der Waals surface area contributed by atoms with E-state index >= 15 is 0 Å². The van der Waals surface area contributed by atoms with Gasteiger partial charge in [-0.1, -0.05) is 58.7 Å². The Morgan fingerprint density at radius 3 is 2.90 bits per heavy atom. The summed E-state index contributed by atoms with van der Waals surface area (Å²) in [5.74, 6) is 1.60. The molecule has 0 nitrogen and oxygen atoms in total. The van der Waals surface area contributed by atoms with Crippen molar-refractivity contribution in [3.63, 3.8) is 0 Å². The maximum Gasteiger partial charge on any atom is 0.0625 e. The van der Waals surface area contributed by atoms with Gasteiger partial charge in [0.25, 0.3) is 0 Å². The number of allylic oxidation sites excluding steroid dienone is 4. The van der Waals surface area contributed by atoms with Crippen LogP contribution in [0.2, 0.25) is 0 Å². The summed E-state index contributed by atoms with van der Waals surface area (Å²) in [5, 5.41) is 0. The summed E-state index contributed by atoms with van der Waals surface area (Å²) in [6.07, 6.45) is 9.84. The van der Waals surface area contributed by atoms with Gasteiger partial charge in [0.15, 0.2) is 0 Å². The quantitative estimate of drug-likeness (QED) is 0.538. The number of rotatable bonds is 1. The summed E-state index contributed by atoms with van der Waals surface area (Å²) in [6, 6.07) is 0.805. The summed E-state index contributed by atoms with van der Waals surface area (Å²) in [6.45, 7) is 9.98. The standard InChI is InChI=1S/C20H32/c1-14(2)15-7-9-17-16(13-15)8-10-18-19(3,4)11-6-12-20(17,18)5/h8,13-14,17-18H,6-7,9-12H2,1-5H3/t17-,18-,20+/m0/s1/i1D,13D/t14-,17+,18+,20-/m1. The molecule has 0 heteroatoms. The largest absolute Gasteiger partial charge is 0.0807 e. The summed E-state index contributed by atoms with van der Waals surface area (Å²) in [7, 11) is 0. The van der Waals surface area contributed by atoms with Crippen molar-refractivity contribution in [1.29, 1.82) is 0 Å². The molecular weight excluding hydrogens is 240 g/mol. The van der Waals surface area contributed by atoms with E-state index in [-0.39, 0.29) is 5.92 Å². The van der Waals surface area contributed by atoms with E-state index < -0.39 is 0 Å². The Bertz CT molecular complexity index is 514. The second-order valence-corrected chi connectivity index (χ2v) is 8.44. The highest BCUT2D eigenvalue weighted by Crippen LogP contribution is 2.61. The van der Waals surface area contributed by atoms with Crippen LogP contribution in [0.3, 0.4) is 0 Å². The van der Waals surface area contributed by atoms with Crippen molar-refractivity contribution in [3.8, 4) is 0 Å². The van der Waals surface area contributed by atoms with Gasteiger partial charge in [-0.15, -0.1) is 0 Å². The Morgan fingerprint density at radius 1 is 1.35 bits per heavy atom. The average molecular weight is 274 g/mol. The molecule has 0 unspecified atom stereocenters. The summed E-state index contributed by atoms with van der Waals surface area (Å²) in [5.41, 5.74) is 3.40. The first kappa shape index (κ1) is 12.1. The third-order valence-corrected chi connectivity index (χ3v) is 6.62. The fourth-order valence-corrected chi connectivity index (χ4v) is 5.45. The molecule has 0 aromatic heterocycles. The fourth-order valence-electron chi connectivity index (χ4n) is 5.45. The van der Waals surface area contributed by atoms with Crippen LogP contribution in [0.5, 0.6) is 0 Å². The SMILES string of the molecule is [2H]C[C@H](C)C1=C([2H])C2=CC[C@H]3C(C)(C)CCC[C@]3(C)[C@H]2CC1. The second-order valence-electron chi connectivity index (χ2n) is 8.44. The Balaban J connectivity index is 2.00. The number of hydrogen-bond acceptors (Lipinski definition) is 0. The van der Waals surface area contributed by atoms with Crippen LogP contribution in [0.25, 0.3) is 0 Å². The molecule has 3 aliphatic carbocycles. The lowest BCUT2D eigenvalue weighted by atomic mass is 9.47. The van der Waals surface area contributed by atoms with E-state index in [4.69, 9.17) is 2.74 Å². The van der Waals surface area contributed by atoms with Crippen LogP contribution in [0, 0.1) is 28.6 Å². The van der Waals surface area contributed by atoms with Gasteiger partial charge in [-0.3, -0.25) is 0 Å². The molecule has 112 valence electrons. The minimum absolute atomic E-state index is 0.252. The van der Waals surface area contributed by atoms with Gasteiger partial charge >= 0.3 is 0 Å². The Hall–Kier alpha value is -0.520. The molecule has 0 bridgehead atoms.